The molecule has 0 saturated heterocycles. The molecular weight excluding hydrogens is 372 g/mol. The number of nitrogens with zero attached hydrogens (tertiary/aromatic N) is 2. The number of carbonyl (C=O) groups excluding carboxylic acids is 2. The van der Waals surface area contributed by atoms with Crippen LogP contribution in [0.5, 0.6) is 0 Å². The van der Waals surface area contributed by atoms with Crippen LogP contribution in [0.15, 0.2) is 53.3 Å². The van der Waals surface area contributed by atoms with Crippen LogP contribution in [-0.2, 0) is 17.7 Å². The van der Waals surface area contributed by atoms with E-state index in [4.69, 9.17) is 9.84 Å². The molecule has 3 aromatic rings. The lowest BCUT2D eigenvalue weighted by molar-refractivity contribution is 0.0468. The summed E-state index contributed by atoms with van der Waals surface area (Å²) in [6.07, 6.45) is 1.95. The van der Waals surface area contributed by atoms with Gasteiger partial charge in [-0.2, -0.15) is 5.10 Å². The predicted molar refractivity (Wildman–Crippen MR) is 108 cm³/mol. The molecule has 0 fully saturated rings. The van der Waals surface area contributed by atoms with Gasteiger partial charge in [0.15, 0.2) is 18.1 Å². The highest BCUT2D eigenvalue weighted by Crippen LogP contribution is 2.15. The highest BCUT2D eigenvalue weighted by Gasteiger charge is 2.19. The number of Topliss-reactive ketones (excluding diaryl/α,β-unsaturated/α-hetero) is 1. The van der Waals surface area contributed by atoms with E-state index in [0.717, 1.165) is 23.1 Å². The van der Waals surface area contributed by atoms with E-state index in [0.29, 0.717) is 16.3 Å². The lowest BCUT2D eigenvalue weighted by Crippen LogP contribution is -2.28. The topological polar surface area (TPSA) is 98.5 Å². The molecule has 0 aliphatic rings. The molecule has 0 saturated carbocycles. The molecule has 150 valence electrons. The molecule has 0 aliphatic heterocycles. The number of ether oxygens (including phenoxy) is 1. The highest BCUT2D eigenvalue weighted by molar-refractivity contribution is 6.04. The monoisotopic (exact) mass is 394 g/mol. The summed E-state index contributed by atoms with van der Waals surface area (Å²) in [6.45, 7) is 1.31. The van der Waals surface area contributed by atoms with Gasteiger partial charge in [0.25, 0.3) is 5.56 Å². The van der Waals surface area contributed by atoms with Crippen molar-refractivity contribution in [2.24, 2.45) is 0 Å². The van der Waals surface area contributed by atoms with Crippen molar-refractivity contribution in [2.45, 2.75) is 26.3 Å². The van der Waals surface area contributed by atoms with Gasteiger partial charge < -0.3 is 9.84 Å². The Labute approximate surface area is 167 Å². The first kappa shape index (κ1) is 20.4. The minimum atomic E-state index is -0.802. The van der Waals surface area contributed by atoms with Gasteiger partial charge in [-0.25, -0.2) is 9.48 Å². The summed E-state index contributed by atoms with van der Waals surface area (Å²) in [5, 5.41) is 13.8. The highest BCUT2D eigenvalue weighted by atomic mass is 16.5. The minimum Gasteiger partial charge on any atom is -0.452 e. The molecule has 0 unspecified atom stereocenters. The van der Waals surface area contributed by atoms with Gasteiger partial charge in [0, 0.05) is 10.9 Å². The SMILES string of the molecule is CCCc1ccc(C(=O)COC(=O)c2nn(CCO)c(=O)c3ccccc23)cc1. The van der Waals surface area contributed by atoms with Crippen LogP contribution in [0.2, 0.25) is 0 Å². The van der Waals surface area contributed by atoms with Crippen LogP contribution >= 0.6 is 0 Å². The molecule has 29 heavy (non-hydrogen) atoms. The summed E-state index contributed by atoms with van der Waals surface area (Å²) in [6, 6.07) is 13.7. The molecule has 0 bridgehead atoms. The second kappa shape index (κ2) is 9.25. The first-order valence-corrected chi connectivity index (χ1v) is 9.45. The van der Waals surface area contributed by atoms with Gasteiger partial charge in [0.1, 0.15) is 0 Å². The van der Waals surface area contributed by atoms with Crippen LogP contribution in [0.1, 0.15) is 39.8 Å². The summed E-state index contributed by atoms with van der Waals surface area (Å²) in [5.74, 6) is -1.13. The number of aliphatic hydroxyl groups is 1. The lowest BCUT2D eigenvalue weighted by Gasteiger charge is -2.10. The molecule has 1 heterocycles. The van der Waals surface area contributed by atoms with E-state index in [1.807, 2.05) is 12.1 Å². The Balaban J connectivity index is 1.80. The van der Waals surface area contributed by atoms with Crippen molar-refractivity contribution in [3.63, 3.8) is 0 Å². The molecule has 7 nitrogen and oxygen atoms in total. The standard InChI is InChI=1S/C22H22N2O5/c1-2-5-15-8-10-16(11-9-15)19(26)14-29-22(28)20-17-6-3-4-7-18(17)21(27)24(23-20)12-13-25/h3-4,6-11,25H,2,5,12-14H2,1H3. The molecule has 0 spiro atoms. The van der Waals surface area contributed by atoms with E-state index in [1.54, 1.807) is 36.4 Å². The maximum absolute atomic E-state index is 12.6. The average molecular weight is 394 g/mol. The molecule has 3 rings (SSSR count). The predicted octanol–water partition coefficient (Wildman–Crippen LogP) is 2.38. The molecule has 0 amide bonds. The van der Waals surface area contributed by atoms with E-state index in [1.165, 1.54) is 0 Å². The molecule has 1 aromatic heterocycles. The minimum absolute atomic E-state index is 0.0486. The van der Waals surface area contributed by atoms with Gasteiger partial charge in [-0.1, -0.05) is 55.8 Å². The molecule has 0 atom stereocenters. The largest absolute Gasteiger partial charge is 0.452 e. The van der Waals surface area contributed by atoms with Crippen LogP contribution in [0, 0.1) is 0 Å². The number of ketones is 1. The van der Waals surface area contributed by atoms with Crippen LogP contribution in [0.25, 0.3) is 10.8 Å². The Morgan fingerprint density at radius 2 is 1.76 bits per heavy atom. The quantitative estimate of drug-likeness (QED) is 0.465. The zero-order valence-corrected chi connectivity index (χ0v) is 16.1. The first-order valence-electron chi connectivity index (χ1n) is 9.45. The fourth-order valence-corrected chi connectivity index (χ4v) is 3.06. The van der Waals surface area contributed by atoms with Crippen molar-refractivity contribution in [1.29, 1.82) is 0 Å². The van der Waals surface area contributed by atoms with Crippen molar-refractivity contribution >= 4 is 22.5 Å². The van der Waals surface area contributed by atoms with Crippen molar-refractivity contribution in [3.8, 4) is 0 Å². The molecule has 0 radical (unpaired) electrons. The molecule has 1 N–H and O–H groups in total. The van der Waals surface area contributed by atoms with Crippen LogP contribution in [-0.4, -0.2) is 39.9 Å². The van der Waals surface area contributed by atoms with Gasteiger partial charge in [-0.3, -0.25) is 9.59 Å². The van der Waals surface area contributed by atoms with Crippen LogP contribution < -0.4 is 5.56 Å². The Bertz CT molecular complexity index is 1090. The van der Waals surface area contributed by atoms with E-state index in [9.17, 15) is 14.4 Å². The smallest absolute Gasteiger partial charge is 0.359 e. The van der Waals surface area contributed by atoms with E-state index < -0.39 is 18.1 Å². The van der Waals surface area contributed by atoms with E-state index in [2.05, 4.69) is 12.0 Å². The second-order valence-electron chi connectivity index (χ2n) is 6.59. The van der Waals surface area contributed by atoms with Crippen molar-refractivity contribution < 1.29 is 19.4 Å². The molecule has 2 aromatic carbocycles. The number of benzene rings is 2. The summed E-state index contributed by atoms with van der Waals surface area (Å²) in [7, 11) is 0. The third-order valence-electron chi connectivity index (χ3n) is 4.52. The van der Waals surface area contributed by atoms with E-state index >= 15 is 0 Å². The van der Waals surface area contributed by atoms with Crippen LogP contribution in [0.4, 0.5) is 0 Å². The Kier molecular flexibility index (Phi) is 6.51. The maximum atomic E-state index is 12.6. The number of rotatable bonds is 8. The fraction of sp³-hybridized carbons (Fsp3) is 0.273. The summed E-state index contributed by atoms with van der Waals surface area (Å²) >= 11 is 0. The average Bonchev–Trinajstić information content (AvgIpc) is 2.74. The number of hydrogen-bond acceptors (Lipinski definition) is 6. The van der Waals surface area contributed by atoms with Crippen molar-refractivity contribution in [1.82, 2.24) is 9.78 Å². The first-order chi connectivity index (χ1) is 14.0. The third-order valence-corrected chi connectivity index (χ3v) is 4.52. The Hall–Kier alpha value is -3.32. The Morgan fingerprint density at radius 3 is 2.41 bits per heavy atom. The second-order valence-corrected chi connectivity index (χ2v) is 6.59. The number of hydrogen-bond donors (Lipinski definition) is 1. The van der Waals surface area contributed by atoms with Crippen molar-refractivity contribution in [3.05, 3.63) is 75.7 Å². The van der Waals surface area contributed by atoms with Gasteiger partial charge in [0.2, 0.25) is 0 Å². The lowest BCUT2D eigenvalue weighted by atomic mass is 10.1. The van der Waals surface area contributed by atoms with Crippen LogP contribution in [0.3, 0.4) is 0 Å². The normalized spacial score (nSPS) is 10.8. The molecule has 0 aliphatic carbocycles. The number of aromatic nitrogens is 2. The number of fused-ring (bicyclic) bond motifs is 1. The fourth-order valence-electron chi connectivity index (χ4n) is 3.06. The molecule has 7 heteroatoms. The number of esters is 1. The van der Waals surface area contributed by atoms with Gasteiger partial charge >= 0.3 is 5.97 Å². The zero-order valence-electron chi connectivity index (χ0n) is 16.1. The summed E-state index contributed by atoms with van der Waals surface area (Å²) in [4.78, 5) is 37.3. The maximum Gasteiger partial charge on any atom is 0.359 e. The van der Waals surface area contributed by atoms with Gasteiger partial charge in [-0.15, -0.1) is 0 Å². The number of aliphatic hydroxyl groups excluding tert-OH is 1. The third kappa shape index (κ3) is 4.57. The number of aryl methyl sites for hydroxylation is 1. The number of carbonyl (C=O) groups is 2. The van der Waals surface area contributed by atoms with Crippen molar-refractivity contribution in [2.75, 3.05) is 13.2 Å². The summed E-state index contributed by atoms with van der Waals surface area (Å²) < 4.78 is 6.20. The van der Waals surface area contributed by atoms with Gasteiger partial charge in [-0.05, 0) is 18.1 Å². The molecular formula is C22H22N2O5. The Morgan fingerprint density at radius 1 is 1.07 bits per heavy atom. The van der Waals surface area contributed by atoms with E-state index in [-0.39, 0.29) is 24.6 Å². The summed E-state index contributed by atoms with van der Waals surface area (Å²) in [5.41, 5.74) is 1.12. The zero-order chi connectivity index (χ0) is 20.8. The van der Waals surface area contributed by atoms with Gasteiger partial charge in [0.05, 0.1) is 18.5 Å².